The zero-order chi connectivity index (χ0) is 11.6. The van der Waals surface area contributed by atoms with E-state index in [1.807, 2.05) is 0 Å². The van der Waals surface area contributed by atoms with E-state index < -0.39 is 31.8 Å². The Morgan fingerprint density at radius 2 is 1.93 bits per heavy atom. The molecule has 1 rings (SSSR count). The van der Waals surface area contributed by atoms with Gasteiger partial charge in [0.15, 0.2) is 0 Å². The Bertz CT molecular complexity index is 538. The molecule has 0 atom stereocenters. The normalized spacial score (nSPS) is 11.9. The van der Waals surface area contributed by atoms with Gasteiger partial charge in [0.1, 0.15) is 10.7 Å². The topological polar surface area (TPSA) is 77.5 Å². The summed E-state index contributed by atoms with van der Waals surface area (Å²) in [6.07, 6.45) is 0. The molecular weight excluding hydrogens is 247 g/mol. The summed E-state index contributed by atoms with van der Waals surface area (Å²) in [4.78, 5) is -0.498. The molecule has 0 heterocycles. The Morgan fingerprint density at radius 3 is 2.47 bits per heavy atom. The number of rotatable bonds is 3. The number of halogens is 1. The van der Waals surface area contributed by atoms with E-state index in [2.05, 4.69) is 3.63 Å². The van der Waals surface area contributed by atoms with E-state index >= 15 is 0 Å². The van der Waals surface area contributed by atoms with E-state index in [9.17, 15) is 21.2 Å². The number of hydrogen-bond donors (Lipinski definition) is 1. The minimum atomic E-state index is -4.45. The lowest BCUT2D eigenvalue weighted by Gasteiger charge is -2.04. The second kappa shape index (κ2) is 4.25. The van der Waals surface area contributed by atoms with Crippen molar-refractivity contribution in [1.82, 2.24) is 0 Å². The predicted octanol–water partition coefficient (Wildman–Crippen LogP) is 0.366. The van der Waals surface area contributed by atoms with Gasteiger partial charge in [-0.25, -0.2) is 12.8 Å². The summed E-state index contributed by atoms with van der Waals surface area (Å²) in [6.45, 7) is 1.21. The van der Waals surface area contributed by atoms with Crippen molar-refractivity contribution in [3.05, 3.63) is 29.6 Å². The molecule has 0 bridgehead atoms. The van der Waals surface area contributed by atoms with Crippen molar-refractivity contribution >= 4 is 21.1 Å². The molecule has 84 valence electrons. The maximum atomic E-state index is 13.0. The second-order valence-electron chi connectivity index (χ2n) is 2.62. The van der Waals surface area contributed by atoms with Crippen molar-refractivity contribution in [3.63, 3.8) is 0 Å². The van der Waals surface area contributed by atoms with E-state index in [-0.39, 0.29) is 5.56 Å². The summed E-state index contributed by atoms with van der Waals surface area (Å²) < 4.78 is 59.4. The summed E-state index contributed by atoms with van der Waals surface area (Å²) >= 11 is 0. The summed E-state index contributed by atoms with van der Waals surface area (Å²) in [6, 6.07) is 3.27. The molecule has 0 aromatic heterocycles. The van der Waals surface area contributed by atoms with Gasteiger partial charge in [-0.05, 0) is 19.1 Å². The third-order valence-electron chi connectivity index (χ3n) is 1.65. The third-order valence-corrected chi connectivity index (χ3v) is 3.90. The SMILES string of the molecule is Cc1c(F)cccc1S(=O)(=O)O[SH](=O)=O. The summed E-state index contributed by atoms with van der Waals surface area (Å²) in [5.41, 5.74) is -0.186. The van der Waals surface area contributed by atoms with Crippen LogP contribution >= 0.6 is 0 Å². The van der Waals surface area contributed by atoms with Crippen molar-refractivity contribution in [2.24, 2.45) is 0 Å². The van der Waals surface area contributed by atoms with Gasteiger partial charge in [0.05, 0.1) is 0 Å². The van der Waals surface area contributed by atoms with Crippen LogP contribution in [0.3, 0.4) is 0 Å². The van der Waals surface area contributed by atoms with Crippen molar-refractivity contribution in [3.8, 4) is 0 Å². The van der Waals surface area contributed by atoms with Gasteiger partial charge in [0, 0.05) is 5.56 Å². The van der Waals surface area contributed by atoms with Gasteiger partial charge in [-0.2, -0.15) is 8.42 Å². The van der Waals surface area contributed by atoms with E-state index in [0.717, 1.165) is 18.2 Å². The number of benzene rings is 1. The molecule has 0 fully saturated rings. The molecule has 0 N–H and O–H groups in total. The molecule has 0 aliphatic heterocycles. The van der Waals surface area contributed by atoms with Crippen molar-refractivity contribution in [2.45, 2.75) is 11.8 Å². The van der Waals surface area contributed by atoms with Crippen LogP contribution in [0.2, 0.25) is 0 Å². The van der Waals surface area contributed by atoms with Crippen LogP contribution in [0.15, 0.2) is 23.1 Å². The van der Waals surface area contributed by atoms with Crippen molar-refractivity contribution in [1.29, 1.82) is 0 Å². The van der Waals surface area contributed by atoms with E-state index in [4.69, 9.17) is 0 Å². The van der Waals surface area contributed by atoms with Gasteiger partial charge in [-0.1, -0.05) is 6.07 Å². The van der Waals surface area contributed by atoms with Crippen LogP contribution in [0, 0.1) is 12.7 Å². The Hall–Kier alpha value is -0.990. The molecule has 0 saturated carbocycles. The lowest BCUT2D eigenvalue weighted by atomic mass is 10.2. The van der Waals surface area contributed by atoms with Crippen LogP contribution in [0.4, 0.5) is 4.39 Å². The highest BCUT2D eigenvalue weighted by atomic mass is 32.3. The lowest BCUT2D eigenvalue weighted by molar-refractivity contribution is 0.476. The van der Waals surface area contributed by atoms with E-state index in [0.29, 0.717) is 0 Å². The Morgan fingerprint density at radius 1 is 1.33 bits per heavy atom. The second-order valence-corrected chi connectivity index (χ2v) is 5.01. The summed E-state index contributed by atoms with van der Waals surface area (Å²) in [5.74, 6) is -0.749. The van der Waals surface area contributed by atoms with Crippen molar-refractivity contribution < 1.29 is 24.9 Å². The average molecular weight is 254 g/mol. The maximum absolute atomic E-state index is 13.0. The summed E-state index contributed by atoms with van der Waals surface area (Å²) in [5, 5.41) is 0. The van der Waals surface area contributed by atoms with Crippen molar-refractivity contribution in [2.75, 3.05) is 0 Å². The molecule has 5 nitrogen and oxygen atoms in total. The highest BCUT2D eigenvalue weighted by Crippen LogP contribution is 2.19. The molecule has 0 spiro atoms. The minimum Gasteiger partial charge on any atom is -0.207 e. The minimum absolute atomic E-state index is 0.186. The molecule has 8 heteroatoms. The number of thiol groups is 1. The molecule has 0 amide bonds. The van der Waals surface area contributed by atoms with Gasteiger partial charge in [0.2, 0.25) is 0 Å². The molecule has 0 radical (unpaired) electrons. The fraction of sp³-hybridized carbons (Fsp3) is 0.143. The molecular formula is C7H7FO5S2. The quantitative estimate of drug-likeness (QED) is 0.788. The predicted molar refractivity (Wildman–Crippen MR) is 49.7 cm³/mol. The maximum Gasteiger partial charge on any atom is 0.311 e. The summed E-state index contributed by atoms with van der Waals surface area (Å²) in [7, 11) is -7.99. The monoisotopic (exact) mass is 254 g/mol. The van der Waals surface area contributed by atoms with Crippen LogP contribution in [0.1, 0.15) is 5.56 Å². The highest BCUT2D eigenvalue weighted by molar-refractivity contribution is 7.93. The smallest absolute Gasteiger partial charge is 0.207 e. The van der Waals surface area contributed by atoms with Gasteiger partial charge >= 0.3 is 10.1 Å². The van der Waals surface area contributed by atoms with E-state index in [1.54, 1.807) is 0 Å². The molecule has 0 saturated heterocycles. The zero-order valence-corrected chi connectivity index (χ0v) is 9.22. The average Bonchev–Trinajstić information content (AvgIpc) is 2.07. The lowest BCUT2D eigenvalue weighted by Crippen LogP contribution is -2.07. The molecule has 15 heavy (non-hydrogen) atoms. The first-order valence-electron chi connectivity index (χ1n) is 3.68. The van der Waals surface area contributed by atoms with Gasteiger partial charge in [0.25, 0.3) is 11.0 Å². The largest absolute Gasteiger partial charge is 0.311 e. The standard InChI is InChI=1S/C7H7FO5S2/c1-5-6(8)3-2-4-7(5)15(11,12)13-14(9)10/h2-4,14H,1H3. The first-order valence-corrected chi connectivity index (χ1v) is 6.19. The van der Waals surface area contributed by atoms with Crippen LogP contribution in [0.5, 0.6) is 0 Å². The van der Waals surface area contributed by atoms with Crippen LogP contribution in [-0.4, -0.2) is 16.8 Å². The van der Waals surface area contributed by atoms with E-state index in [1.165, 1.54) is 6.92 Å². The van der Waals surface area contributed by atoms with Crippen LogP contribution in [-0.2, 0) is 24.7 Å². The zero-order valence-electron chi connectivity index (χ0n) is 7.51. The van der Waals surface area contributed by atoms with Crippen LogP contribution in [0.25, 0.3) is 0 Å². The number of hydrogen-bond acceptors (Lipinski definition) is 5. The first kappa shape index (κ1) is 12.1. The van der Waals surface area contributed by atoms with Gasteiger partial charge < -0.3 is 0 Å². The first-order chi connectivity index (χ1) is 6.84. The van der Waals surface area contributed by atoms with Gasteiger partial charge in [-0.15, -0.1) is 3.63 Å². The fourth-order valence-electron chi connectivity index (χ4n) is 0.979. The molecule has 0 aliphatic carbocycles. The molecule has 0 unspecified atom stereocenters. The molecule has 1 aromatic rings. The Balaban J connectivity index is 3.34. The molecule has 0 aliphatic rings. The van der Waals surface area contributed by atoms with Crippen LogP contribution < -0.4 is 0 Å². The highest BCUT2D eigenvalue weighted by Gasteiger charge is 2.20. The van der Waals surface area contributed by atoms with Gasteiger partial charge in [-0.3, -0.25) is 0 Å². The Kier molecular flexibility index (Phi) is 3.42. The fourth-order valence-corrected chi connectivity index (χ4v) is 2.66. The Labute approximate surface area is 87.8 Å². The molecule has 1 aromatic carbocycles. The third kappa shape index (κ3) is 2.74.